The van der Waals surface area contributed by atoms with Crippen molar-refractivity contribution in [1.82, 2.24) is 4.98 Å². The number of rotatable bonds is 3. The summed E-state index contributed by atoms with van der Waals surface area (Å²) < 4.78 is 10.9. The fraction of sp³-hybridized carbons (Fsp3) is 0.267. The predicted octanol–water partition coefficient (Wildman–Crippen LogP) is 3.37. The summed E-state index contributed by atoms with van der Waals surface area (Å²) in [5.41, 5.74) is 2.75. The van der Waals surface area contributed by atoms with Crippen molar-refractivity contribution in [2.75, 3.05) is 7.11 Å². The minimum atomic E-state index is 0.598. The first-order valence-electron chi connectivity index (χ1n) is 6.15. The van der Waals surface area contributed by atoms with Crippen LogP contribution in [0.15, 0.2) is 36.5 Å². The second-order valence-corrected chi connectivity index (χ2v) is 4.39. The third kappa shape index (κ3) is 2.04. The van der Waals surface area contributed by atoms with Crippen LogP contribution in [0.1, 0.15) is 17.5 Å². The molecule has 0 aliphatic heterocycles. The summed E-state index contributed by atoms with van der Waals surface area (Å²) in [7, 11) is 1.60. The molecule has 1 aromatic carbocycles. The lowest BCUT2D eigenvalue weighted by Crippen LogP contribution is -1.92. The molecule has 3 heteroatoms. The molecule has 18 heavy (non-hydrogen) atoms. The minimum absolute atomic E-state index is 0.598. The van der Waals surface area contributed by atoms with E-state index >= 15 is 0 Å². The van der Waals surface area contributed by atoms with E-state index in [-0.39, 0.29) is 0 Å². The van der Waals surface area contributed by atoms with E-state index in [9.17, 15) is 0 Å². The Labute approximate surface area is 106 Å². The van der Waals surface area contributed by atoms with Crippen molar-refractivity contribution >= 4 is 0 Å². The van der Waals surface area contributed by atoms with Gasteiger partial charge in [0.25, 0.3) is 0 Å². The number of fused-ring (bicyclic) bond motifs is 1. The van der Waals surface area contributed by atoms with Crippen LogP contribution >= 0.6 is 0 Å². The summed E-state index contributed by atoms with van der Waals surface area (Å²) in [6.45, 7) is 0. The maximum Gasteiger partial charge on any atom is 0.213 e. The zero-order chi connectivity index (χ0) is 12.4. The number of hydrogen-bond donors (Lipinski definition) is 0. The van der Waals surface area contributed by atoms with Crippen molar-refractivity contribution in [2.24, 2.45) is 0 Å². The van der Waals surface area contributed by atoms with E-state index in [1.54, 1.807) is 19.4 Å². The highest BCUT2D eigenvalue weighted by Gasteiger charge is 2.15. The second kappa shape index (κ2) is 4.69. The summed E-state index contributed by atoms with van der Waals surface area (Å²) in [6, 6.07) is 9.94. The quantitative estimate of drug-likeness (QED) is 0.825. The Balaban J connectivity index is 1.86. The van der Waals surface area contributed by atoms with Crippen LogP contribution < -0.4 is 9.47 Å². The van der Waals surface area contributed by atoms with Gasteiger partial charge in [-0.2, -0.15) is 0 Å². The van der Waals surface area contributed by atoms with Crippen LogP contribution in [-0.2, 0) is 12.8 Å². The van der Waals surface area contributed by atoms with Gasteiger partial charge in [-0.3, -0.25) is 0 Å². The largest absolute Gasteiger partial charge is 0.481 e. The molecular formula is C15H15NO2. The number of aromatic nitrogens is 1. The Bertz CT molecular complexity index is 549. The van der Waals surface area contributed by atoms with E-state index in [0.29, 0.717) is 5.88 Å². The van der Waals surface area contributed by atoms with Gasteiger partial charge in [-0.1, -0.05) is 12.1 Å². The molecule has 0 radical (unpaired) electrons. The van der Waals surface area contributed by atoms with Crippen molar-refractivity contribution in [3.63, 3.8) is 0 Å². The lowest BCUT2D eigenvalue weighted by molar-refractivity contribution is 0.394. The van der Waals surface area contributed by atoms with Crippen LogP contribution in [-0.4, -0.2) is 12.1 Å². The number of ether oxygens (including phenoxy) is 2. The van der Waals surface area contributed by atoms with Gasteiger partial charge in [0.2, 0.25) is 5.88 Å². The molecule has 3 nitrogen and oxygen atoms in total. The third-order valence-corrected chi connectivity index (χ3v) is 3.25. The Morgan fingerprint density at radius 3 is 2.83 bits per heavy atom. The maximum atomic E-state index is 5.90. The highest BCUT2D eigenvalue weighted by molar-refractivity contribution is 5.45. The van der Waals surface area contributed by atoms with Crippen LogP contribution in [0.25, 0.3) is 0 Å². The number of nitrogens with zero attached hydrogens (tertiary/aromatic N) is 1. The Morgan fingerprint density at radius 1 is 1.11 bits per heavy atom. The molecule has 0 atom stereocenters. The molecule has 2 aromatic rings. The summed E-state index contributed by atoms with van der Waals surface area (Å²) in [5, 5.41) is 0. The molecule has 0 N–H and O–H groups in total. The SMILES string of the molecule is COc1ccc(Oc2cccc3c2CCC3)cn1. The van der Waals surface area contributed by atoms with Gasteiger partial charge in [-0.05, 0) is 42.5 Å². The Morgan fingerprint density at radius 2 is 2.06 bits per heavy atom. The van der Waals surface area contributed by atoms with Crippen LogP contribution in [0.3, 0.4) is 0 Å². The van der Waals surface area contributed by atoms with Crippen LogP contribution in [0.2, 0.25) is 0 Å². The van der Waals surface area contributed by atoms with Crippen molar-refractivity contribution in [3.05, 3.63) is 47.7 Å². The summed E-state index contributed by atoms with van der Waals surface area (Å²) in [4.78, 5) is 4.14. The number of pyridine rings is 1. The molecule has 0 saturated carbocycles. The molecule has 0 bridgehead atoms. The van der Waals surface area contributed by atoms with E-state index in [1.807, 2.05) is 12.1 Å². The third-order valence-electron chi connectivity index (χ3n) is 3.25. The van der Waals surface area contributed by atoms with E-state index in [2.05, 4.69) is 17.1 Å². The lowest BCUT2D eigenvalue weighted by Gasteiger charge is -2.10. The van der Waals surface area contributed by atoms with Gasteiger partial charge < -0.3 is 9.47 Å². The standard InChI is InChI=1S/C15H15NO2/c1-17-15-9-8-12(10-16-15)18-14-7-3-5-11-4-2-6-13(11)14/h3,5,7-10H,2,4,6H2,1H3. The lowest BCUT2D eigenvalue weighted by atomic mass is 10.1. The first-order valence-corrected chi connectivity index (χ1v) is 6.15. The molecule has 1 aromatic heterocycles. The molecular weight excluding hydrogens is 226 g/mol. The van der Waals surface area contributed by atoms with Gasteiger partial charge in [0.15, 0.2) is 0 Å². The van der Waals surface area contributed by atoms with Gasteiger partial charge in [-0.15, -0.1) is 0 Å². The minimum Gasteiger partial charge on any atom is -0.481 e. The normalized spacial score (nSPS) is 13.2. The highest BCUT2D eigenvalue weighted by Crippen LogP contribution is 2.33. The summed E-state index contributed by atoms with van der Waals surface area (Å²) in [6.07, 6.45) is 5.17. The molecule has 0 spiro atoms. The molecule has 92 valence electrons. The van der Waals surface area contributed by atoms with E-state index in [4.69, 9.17) is 9.47 Å². The van der Waals surface area contributed by atoms with Gasteiger partial charge >= 0.3 is 0 Å². The van der Waals surface area contributed by atoms with Crippen molar-refractivity contribution in [2.45, 2.75) is 19.3 Å². The van der Waals surface area contributed by atoms with E-state index in [0.717, 1.165) is 24.3 Å². The fourth-order valence-corrected chi connectivity index (χ4v) is 2.36. The van der Waals surface area contributed by atoms with Gasteiger partial charge in [0, 0.05) is 6.07 Å². The topological polar surface area (TPSA) is 31.4 Å². The van der Waals surface area contributed by atoms with Crippen molar-refractivity contribution < 1.29 is 9.47 Å². The van der Waals surface area contributed by atoms with E-state index < -0.39 is 0 Å². The second-order valence-electron chi connectivity index (χ2n) is 4.39. The summed E-state index contributed by atoms with van der Waals surface area (Å²) in [5.74, 6) is 2.30. The Kier molecular flexibility index (Phi) is 2.89. The maximum absolute atomic E-state index is 5.90. The van der Waals surface area contributed by atoms with Gasteiger partial charge in [0.05, 0.1) is 13.3 Å². The highest BCUT2D eigenvalue weighted by atomic mass is 16.5. The fourth-order valence-electron chi connectivity index (χ4n) is 2.36. The smallest absolute Gasteiger partial charge is 0.213 e. The molecule has 0 unspecified atom stereocenters. The zero-order valence-electron chi connectivity index (χ0n) is 10.3. The van der Waals surface area contributed by atoms with Gasteiger partial charge in [-0.25, -0.2) is 4.98 Å². The number of hydrogen-bond acceptors (Lipinski definition) is 3. The van der Waals surface area contributed by atoms with E-state index in [1.165, 1.54) is 17.5 Å². The molecule has 1 aliphatic carbocycles. The predicted molar refractivity (Wildman–Crippen MR) is 69.3 cm³/mol. The van der Waals surface area contributed by atoms with Crippen LogP contribution in [0.4, 0.5) is 0 Å². The number of benzene rings is 1. The van der Waals surface area contributed by atoms with Crippen molar-refractivity contribution in [3.8, 4) is 17.4 Å². The summed E-state index contributed by atoms with van der Waals surface area (Å²) >= 11 is 0. The molecule has 0 saturated heterocycles. The molecule has 3 rings (SSSR count). The molecule has 1 heterocycles. The Hall–Kier alpha value is -2.03. The first kappa shape index (κ1) is 11.1. The molecule has 1 aliphatic rings. The van der Waals surface area contributed by atoms with Gasteiger partial charge in [0.1, 0.15) is 11.5 Å². The van der Waals surface area contributed by atoms with Crippen molar-refractivity contribution in [1.29, 1.82) is 0 Å². The monoisotopic (exact) mass is 241 g/mol. The van der Waals surface area contributed by atoms with Crippen LogP contribution in [0.5, 0.6) is 17.4 Å². The average Bonchev–Trinajstić information content (AvgIpc) is 2.89. The molecule has 0 amide bonds. The number of methoxy groups -OCH3 is 1. The zero-order valence-corrected chi connectivity index (χ0v) is 10.3. The average molecular weight is 241 g/mol. The van der Waals surface area contributed by atoms with Crippen LogP contribution in [0, 0.1) is 0 Å². The molecule has 0 fully saturated rings. The number of aryl methyl sites for hydroxylation is 1. The first-order chi connectivity index (χ1) is 8.86.